The van der Waals surface area contributed by atoms with Gasteiger partial charge in [0.05, 0.1) is 23.3 Å². The number of anilines is 1. The Hall–Kier alpha value is -1.90. The van der Waals surface area contributed by atoms with Gasteiger partial charge in [0, 0.05) is 23.1 Å². The van der Waals surface area contributed by atoms with Crippen LogP contribution in [0.3, 0.4) is 0 Å². The molecule has 8 heteroatoms. The molecule has 1 amide bonds. The minimum absolute atomic E-state index is 0.0325. The number of morpholine rings is 1. The summed E-state index contributed by atoms with van der Waals surface area (Å²) in [5, 5.41) is 0. The summed E-state index contributed by atoms with van der Waals surface area (Å²) in [5.74, 6) is -0.195. The van der Waals surface area contributed by atoms with Gasteiger partial charge in [0.2, 0.25) is 0 Å². The first kappa shape index (κ1) is 19.9. The molecular weight excluding hydrogens is 432 g/mol. The van der Waals surface area contributed by atoms with Crippen molar-refractivity contribution in [1.29, 1.82) is 0 Å². The van der Waals surface area contributed by atoms with Gasteiger partial charge in [0.1, 0.15) is 0 Å². The van der Waals surface area contributed by atoms with Crippen LogP contribution in [0.15, 0.2) is 51.8 Å². The van der Waals surface area contributed by atoms with Gasteiger partial charge in [0.15, 0.2) is 0 Å². The number of aryl methyl sites for hydroxylation is 1. The minimum atomic E-state index is -3.83. The van der Waals surface area contributed by atoms with Crippen LogP contribution in [-0.2, 0) is 14.8 Å². The summed E-state index contributed by atoms with van der Waals surface area (Å²) in [6.45, 7) is 5.25. The Morgan fingerprint density at radius 1 is 1.26 bits per heavy atom. The number of nitrogens with one attached hydrogen (secondary N) is 1. The van der Waals surface area contributed by atoms with Crippen molar-refractivity contribution in [2.24, 2.45) is 0 Å². The topological polar surface area (TPSA) is 75.7 Å². The van der Waals surface area contributed by atoms with E-state index < -0.39 is 10.0 Å². The number of rotatable bonds is 4. The second kappa shape index (κ2) is 8.00. The smallest absolute Gasteiger partial charge is 0.261 e. The van der Waals surface area contributed by atoms with Gasteiger partial charge in [-0.05, 0) is 65.7 Å². The van der Waals surface area contributed by atoms with Gasteiger partial charge in [-0.1, -0.05) is 12.1 Å². The standard InChI is InChI=1S/C19H21BrN2O4S/c1-13-6-7-17(20)18(10-13)21-27(24,25)16-5-3-4-15(11-16)19(23)22-8-9-26-14(2)12-22/h3-7,10-11,14,21H,8-9,12H2,1-2H3. The van der Waals surface area contributed by atoms with Crippen molar-refractivity contribution in [3.8, 4) is 0 Å². The Morgan fingerprint density at radius 2 is 2.04 bits per heavy atom. The molecule has 0 radical (unpaired) electrons. The Morgan fingerprint density at radius 3 is 2.78 bits per heavy atom. The third-order valence-electron chi connectivity index (χ3n) is 4.29. The number of carbonyl (C=O) groups excluding carboxylic acids is 1. The fourth-order valence-electron chi connectivity index (χ4n) is 2.90. The quantitative estimate of drug-likeness (QED) is 0.770. The minimum Gasteiger partial charge on any atom is -0.375 e. The van der Waals surface area contributed by atoms with Crippen molar-refractivity contribution < 1.29 is 17.9 Å². The average Bonchev–Trinajstić information content (AvgIpc) is 2.64. The number of benzene rings is 2. The average molecular weight is 453 g/mol. The van der Waals surface area contributed by atoms with E-state index in [-0.39, 0.29) is 16.9 Å². The van der Waals surface area contributed by atoms with Crippen LogP contribution < -0.4 is 4.72 Å². The summed E-state index contributed by atoms with van der Waals surface area (Å²) in [4.78, 5) is 14.5. The van der Waals surface area contributed by atoms with Crippen LogP contribution in [0.4, 0.5) is 5.69 Å². The molecule has 1 aliphatic heterocycles. The maximum atomic E-state index is 12.8. The lowest BCUT2D eigenvalue weighted by molar-refractivity contribution is -0.0124. The Balaban J connectivity index is 1.85. The molecule has 144 valence electrons. The summed E-state index contributed by atoms with van der Waals surface area (Å²) in [6.07, 6.45) is -0.0325. The van der Waals surface area contributed by atoms with Crippen LogP contribution in [0.25, 0.3) is 0 Å². The van der Waals surface area contributed by atoms with E-state index >= 15 is 0 Å². The Labute approximate surface area is 167 Å². The SMILES string of the molecule is Cc1ccc(Br)c(NS(=O)(=O)c2cccc(C(=O)N3CCOC(C)C3)c2)c1. The normalized spacial score (nSPS) is 17.6. The van der Waals surface area contributed by atoms with Crippen molar-refractivity contribution in [2.75, 3.05) is 24.4 Å². The van der Waals surface area contributed by atoms with Gasteiger partial charge in [-0.25, -0.2) is 8.42 Å². The second-order valence-electron chi connectivity index (χ2n) is 6.55. The van der Waals surface area contributed by atoms with Gasteiger partial charge in [-0.15, -0.1) is 0 Å². The molecule has 3 rings (SSSR count). The molecule has 1 fully saturated rings. The number of hydrogen-bond acceptors (Lipinski definition) is 4. The van der Waals surface area contributed by atoms with Gasteiger partial charge in [-0.2, -0.15) is 0 Å². The molecule has 1 N–H and O–H groups in total. The van der Waals surface area contributed by atoms with E-state index in [0.29, 0.717) is 35.4 Å². The molecule has 2 aromatic carbocycles. The second-order valence-corrected chi connectivity index (χ2v) is 9.09. The number of halogens is 1. The van der Waals surface area contributed by atoms with Crippen molar-refractivity contribution in [2.45, 2.75) is 24.8 Å². The highest BCUT2D eigenvalue weighted by Crippen LogP contribution is 2.26. The molecule has 1 unspecified atom stereocenters. The molecule has 1 saturated heterocycles. The highest BCUT2D eigenvalue weighted by atomic mass is 79.9. The molecule has 0 bridgehead atoms. The van der Waals surface area contributed by atoms with E-state index in [1.165, 1.54) is 12.1 Å². The van der Waals surface area contributed by atoms with Gasteiger partial charge >= 0.3 is 0 Å². The Bertz CT molecular complexity index is 962. The molecular formula is C19H21BrN2O4S. The molecule has 0 spiro atoms. The fraction of sp³-hybridized carbons (Fsp3) is 0.316. The third-order valence-corrected chi connectivity index (χ3v) is 6.34. The van der Waals surface area contributed by atoms with Crippen LogP contribution in [0.1, 0.15) is 22.8 Å². The Kier molecular flexibility index (Phi) is 5.88. The number of carbonyl (C=O) groups is 1. The van der Waals surface area contributed by atoms with Crippen molar-refractivity contribution in [3.05, 3.63) is 58.1 Å². The number of ether oxygens (including phenoxy) is 1. The zero-order valence-corrected chi connectivity index (χ0v) is 17.5. The number of amides is 1. The van der Waals surface area contributed by atoms with E-state index in [9.17, 15) is 13.2 Å². The van der Waals surface area contributed by atoms with Crippen LogP contribution in [0.2, 0.25) is 0 Å². The lowest BCUT2D eigenvalue weighted by atomic mass is 10.2. The van der Waals surface area contributed by atoms with Crippen LogP contribution in [-0.4, -0.2) is 45.0 Å². The maximum Gasteiger partial charge on any atom is 0.261 e. The van der Waals surface area contributed by atoms with E-state index in [0.717, 1.165) is 5.56 Å². The highest BCUT2D eigenvalue weighted by molar-refractivity contribution is 9.10. The molecule has 1 atom stereocenters. The lowest BCUT2D eigenvalue weighted by Crippen LogP contribution is -2.44. The first-order valence-electron chi connectivity index (χ1n) is 8.56. The molecule has 0 saturated carbocycles. The zero-order valence-electron chi connectivity index (χ0n) is 15.1. The predicted octanol–water partition coefficient (Wildman–Crippen LogP) is 3.42. The first-order valence-corrected chi connectivity index (χ1v) is 10.8. The third kappa shape index (κ3) is 4.69. The summed E-state index contributed by atoms with van der Waals surface area (Å²) in [5.41, 5.74) is 1.73. The molecule has 0 aliphatic carbocycles. The van der Waals surface area contributed by atoms with E-state index in [4.69, 9.17) is 4.74 Å². The molecule has 0 aromatic heterocycles. The zero-order chi connectivity index (χ0) is 19.6. The molecule has 1 heterocycles. The van der Waals surface area contributed by atoms with E-state index in [1.807, 2.05) is 19.9 Å². The van der Waals surface area contributed by atoms with E-state index in [1.54, 1.807) is 29.2 Å². The van der Waals surface area contributed by atoms with Gasteiger partial charge in [-0.3, -0.25) is 9.52 Å². The van der Waals surface area contributed by atoms with Crippen LogP contribution in [0, 0.1) is 6.92 Å². The molecule has 1 aliphatic rings. The van der Waals surface area contributed by atoms with Crippen LogP contribution >= 0.6 is 15.9 Å². The summed E-state index contributed by atoms with van der Waals surface area (Å²) >= 11 is 3.35. The monoisotopic (exact) mass is 452 g/mol. The number of hydrogen-bond donors (Lipinski definition) is 1. The van der Waals surface area contributed by atoms with E-state index in [2.05, 4.69) is 20.7 Å². The number of nitrogens with zero attached hydrogens (tertiary/aromatic N) is 1. The highest BCUT2D eigenvalue weighted by Gasteiger charge is 2.24. The number of sulfonamides is 1. The first-order chi connectivity index (χ1) is 12.8. The predicted molar refractivity (Wildman–Crippen MR) is 107 cm³/mol. The molecule has 2 aromatic rings. The van der Waals surface area contributed by atoms with Gasteiger partial charge in [0.25, 0.3) is 15.9 Å². The summed E-state index contributed by atoms with van der Waals surface area (Å²) in [6, 6.07) is 11.5. The fourth-order valence-corrected chi connectivity index (χ4v) is 4.50. The van der Waals surface area contributed by atoms with Crippen molar-refractivity contribution in [3.63, 3.8) is 0 Å². The lowest BCUT2D eigenvalue weighted by Gasteiger charge is -2.31. The van der Waals surface area contributed by atoms with Gasteiger partial charge < -0.3 is 9.64 Å². The summed E-state index contributed by atoms with van der Waals surface area (Å²) in [7, 11) is -3.83. The maximum absolute atomic E-state index is 12.8. The van der Waals surface area contributed by atoms with Crippen molar-refractivity contribution >= 4 is 37.5 Å². The van der Waals surface area contributed by atoms with Crippen molar-refractivity contribution in [1.82, 2.24) is 4.90 Å². The molecule has 6 nitrogen and oxygen atoms in total. The largest absolute Gasteiger partial charge is 0.375 e. The van der Waals surface area contributed by atoms with Crippen LogP contribution in [0.5, 0.6) is 0 Å². The summed E-state index contributed by atoms with van der Waals surface area (Å²) < 4.78 is 34.3. The molecule has 27 heavy (non-hydrogen) atoms.